The highest BCUT2D eigenvalue weighted by Gasteiger charge is 1.96. The Bertz CT molecular complexity index is 176. The normalized spacial score (nSPS) is 11.1. The van der Waals surface area contributed by atoms with E-state index in [1.54, 1.807) is 0 Å². The van der Waals surface area contributed by atoms with E-state index in [1.165, 1.54) is 0 Å². The Balaban J connectivity index is 3.37. The van der Waals surface area contributed by atoms with Gasteiger partial charge in [-0.05, 0) is 20.5 Å². The monoisotopic (exact) mass is 198 g/mol. The van der Waals surface area contributed by atoms with E-state index < -0.39 is 0 Å². The fourth-order valence-electron chi connectivity index (χ4n) is 0.966. The number of unbranched alkanes of at least 4 members (excludes halogenated alkanes) is 1. The van der Waals surface area contributed by atoms with Gasteiger partial charge < -0.3 is 10.2 Å². The highest BCUT2D eigenvalue weighted by atomic mass is 16.1. The smallest absolute Gasteiger partial charge is 0.223 e. The predicted molar refractivity (Wildman–Crippen MR) is 60.2 cm³/mol. The Labute approximate surface area is 87.2 Å². The summed E-state index contributed by atoms with van der Waals surface area (Å²) < 4.78 is 0. The van der Waals surface area contributed by atoms with Crippen LogP contribution in [0.4, 0.5) is 0 Å². The van der Waals surface area contributed by atoms with Crippen LogP contribution in [-0.4, -0.2) is 38.0 Å². The van der Waals surface area contributed by atoms with Crippen molar-refractivity contribution in [2.24, 2.45) is 0 Å². The molecule has 3 heteroatoms. The number of allylic oxidation sites excluding steroid dienone is 1. The Morgan fingerprint density at radius 1 is 1.36 bits per heavy atom. The second-order valence-corrected chi connectivity index (χ2v) is 3.62. The third kappa shape index (κ3) is 9.26. The molecule has 82 valence electrons. The van der Waals surface area contributed by atoms with Gasteiger partial charge in [0.2, 0.25) is 5.91 Å². The SMILES string of the molecule is CCC/C=C/CC(=O)NCCN(C)C. The number of amides is 1. The number of nitrogens with one attached hydrogen (secondary N) is 1. The van der Waals surface area contributed by atoms with E-state index in [0.717, 1.165) is 25.9 Å². The first-order valence-electron chi connectivity index (χ1n) is 5.23. The van der Waals surface area contributed by atoms with Gasteiger partial charge in [0.15, 0.2) is 0 Å². The summed E-state index contributed by atoms with van der Waals surface area (Å²) in [6.45, 7) is 3.75. The van der Waals surface area contributed by atoms with Crippen molar-refractivity contribution >= 4 is 5.91 Å². The summed E-state index contributed by atoms with van der Waals surface area (Å²) in [5.74, 6) is 0.110. The lowest BCUT2D eigenvalue weighted by molar-refractivity contribution is -0.120. The number of carbonyl (C=O) groups excluding carboxylic acids is 1. The predicted octanol–water partition coefficient (Wildman–Crippen LogP) is 1.41. The van der Waals surface area contributed by atoms with Crippen LogP contribution in [0.25, 0.3) is 0 Å². The van der Waals surface area contributed by atoms with Crippen LogP contribution in [0.1, 0.15) is 26.2 Å². The largest absolute Gasteiger partial charge is 0.355 e. The first-order valence-corrected chi connectivity index (χ1v) is 5.23. The molecule has 14 heavy (non-hydrogen) atoms. The van der Waals surface area contributed by atoms with Gasteiger partial charge in [0, 0.05) is 19.5 Å². The van der Waals surface area contributed by atoms with E-state index in [-0.39, 0.29) is 5.91 Å². The number of nitrogens with zero attached hydrogens (tertiary/aromatic N) is 1. The van der Waals surface area contributed by atoms with Crippen LogP contribution in [0.3, 0.4) is 0 Å². The van der Waals surface area contributed by atoms with Gasteiger partial charge in [-0.25, -0.2) is 0 Å². The molecule has 0 aliphatic carbocycles. The fraction of sp³-hybridized carbons (Fsp3) is 0.727. The van der Waals surface area contributed by atoms with Crippen molar-refractivity contribution in [2.45, 2.75) is 26.2 Å². The molecule has 1 N–H and O–H groups in total. The van der Waals surface area contributed by atoms with Gasteiger partial charge in [-0.3, -0.25) is 4.79 Å². The van der Waals surface area contributed by atoms with Gasteiger partial charge in [0.25, 0.3) is 0 Å². The molecule has 0 saturated carbocycles. The van der Waals surface area contributed by atoms with E-state index in [2.05, 4.69) is 18.3 Å². The summed E-state index contributed by atoms with van der Waals surface area (Å²) in [6.07, 6.45) is 6.71. The van der Waals surface area contributed by atoms with E-state index in [4.69, 9.17) is 0 Å². The topological polar surface area (TPSA) is 32.3 Å². The van der Waals surface area contributed by atoms with Crippen LogP contribution < -0.4 is 5.32 Å². The molecule has 0 unspecified atom stereocenters. The lowest BCUT2D eigenvalue weighted by Gasteiger charge is -2.09. The molecule has 0 fully saturated rings. The van der Waals surface area contributed by atoms with E-state index in [1.807, 2.05) is 25.1 Å². The summed E-state index contributed by atoms with van der Waals surface area (Å²) in [7, 11) is 3.99. The van der Waals surface area contributed by atoms with Crippen molar-refractivity contribution in [3.05, 3.63) is 12.2 Å². The first-order chi connectivity index (χ1) is 6.66. The zero-order valence-electron chi connectivity index (χ0n) is 9.55. The van der Waals surface area contributed by atoms with Crippen LogP contribution in [0.2, 0.25) is 0 Å². The van der Waals surface area contributed by atoms with Crippen molar-refractivity contribution in [1.82, 2.24) is 10.2 Å². The zero-order valence-corrected chi connectivity index (χ0v) is 9.55. The highest BCUT2D eigenvalue weighted by molar-refractivity contribution is 5.77. The second-order valence-electron chi connectivity index (χ2n) is 3.62. The molecule has 0 bridgehead atoms. The molecule has 0 aromatic rings. The minimum atomic E-state index is 0.110. The molecule has 0 rings (SSSR count). The number of hydrogen-bond donors (Lipinski definition) is 1. The van der Waals surface area contributed by atoms with Crippen LogP contribution in [0.15, 0.2) is 12.2 Å². The summed E-state index contributed by atoms with van der Waals surface area (Å²) >= 11 is 0. The van der Waals surface area contributed by atoms with Gasteiger partial charge in [0.1, 0.15) is 0 Å². The molecule has 0 aliphatic rings. The second kappa shape index (κ2) is 8.75. The number of rotatable bonds is 7. The standard InChI is InChI=1S/C11H22N2O/c1-4-5-6-7-8-11(14)12-9-10-13(2)3/h6-7H,4-5,8-10H2,1-3H3,(H,12,14)/b7-6+. The molecule has 0 saturated heterocycles. The van der Waals surface area contributed by atoms with Gasteiger partial charge in [-0.2, -0.15) is 0 Å². The molecule has 0 spiro atoms. The maximum atomic E-state index is 11.2. The van der Waals surface area contributed by atoms with Gasteiger partial charge in [0.05, 0.1) is 0 Å². The Kier molecular flexibility index (Phi) is 8.24. The van der Waals surface area contributed by atoms with Crippen molar-refractivity contribution < 1.29 is 4.79 Å². The van der Waals surface area contributed by atoms with Crippen LogP contribution in [0, 0.1) is 0 Å². The van der Waals surface area contributed by atoms with Gasteiger partial charge in [-0.1, -0.05) is 25.5 Å². The molecular weight excluding hydrogens is 176 g/mol. The zero-order chi connectivity index (χ0) is 10.8. The van der Waals surface area contributed by atoms with Crippen molar-refractivity contribution in [1.29, 1.82) is 0 Å². The van der Waals surface area contributed by atoms with Crippen LogP contribution in [-0.2, 0) is 4.79 Å². The van der Waals surface area contributed by atoms with Crippen molar-refractivity contribution in [2.75, 3.05) is 27.2 Å². The van der Waals surface area contributed by atoms with Gasteiger partial charge >= 0.3 is 0 Å². The Morgan fingerprint density at radius 3 is 2.64 bits per heavy atom. The Morgan fingerprint density at radius 2 is 2.07 bits per heavy atom. The third-order valence-corrected chi connectivity index (χ3v) is 1.81. The first kappa shape index (κ1) is 13.2. The van der Waals surface area contributed by atoms with Gasteiger partial charge in [-0.15, -0.1) is 0 Å². The molecule has 1 amide bonds. The third-order valence-electron chi connectivity index (χ3n) is 1.81. The molecular formula is C11H22N2O. The average molecular weight is 198 g/mol. The van der Waals surface area contributed by atoms with Crippen LogP contribution in [0.5, 0.6) is 0 Å². The number of likely N-dealkylation sites (N-methyl/N-ethyl adjacent to an activating group) is 1. The summed E-state index contributed by atoms with van der Waals surface area (Å²) in [6, 6.07) is 0. The molecule has 0 atom stereocenters. The quantitative estimate of drug-likeness (QED) is 0.627. The van der Waals surface area contributed by atoms with Crippen molar-refractivity contribution in [3.63, 3.8) is 0 Å². The molecule has 0 aromatic carbocycles. The number of hydrogen-bond acceptors (Lipinski definition) is 2. The minimum Gasteiger partial charge on any atom is -0.355 e. The molecule has 0 heterocycles. The highest BCUT2D eigenvalue weighted by Crippen LogP contribution is 1.90. The van der Waals surface area contributed by atoms with E-state index in [0.29, 0.717) is 6.42 Å². The molecule has 0 radical (unpaired) electrons. The number of carbonyl (C=O) groups is 1. The molecule has 0 aromatic heterocycles. The van der Waals surface area contributed by atoms with Crippen molar-refractivity contribution in [3.8, 4) is 0 Å². The molecule has 0 aliphatic heterocycles. The average Bonchev–Trinajstić information content (AvgIpc) is 2.12. The summed E-state index contributed by atoms with van der Waals surface area (Å²) in [4.78, 5) is 13.3. The lowest BCUT2D eigenvalue weighted by atomic mass is 10.3. The van der Waals surface area contributed by atoms with Crippen LogP contribution >= 0.6 is 0 Å². The van der Waals surface area contributed by atoms with E-state index in [9.17, 15) is 4.79 Å². The molecule has 3 nitrogen and oxygen atoms in total. The Hall–Kier alpha value is -0.830. The minimum absolute atomic E-state index is 0.110. The summed E-state index contributed by atoms with van der Waals surface area (Å²) in [5.41, 5.74) is 0. The fourth-order valence-corrected chi connectivity index (χ4v) is 0.966. The maximum absolute atomic E-state index is 11.2. The lowest BCUT2D eigenvalue weighted by Crippen LogP contribution is -2.30. The van der Waals surface area contributed by atoms with E-state index >= 15 is 0 Å². The summed E-state index contributed by atoms with van der Waals surface area (Å²) in [5, 5.41) is 2.86. The maximum Gasteiger partial charge on any atom is 0.223 e.